The molecule has 0 bridgehead atoms. The van der Waals surface area contributed by atoms with Crippen molar-refractivity contribution in [1.82, 2.24) is 15.5 Å². The molecular weight excluding hydrogens is 260 g/mol. The first kappa shape index (κ1) is 14.8. The van der Waals surface area contributed by atoms with Gasteiger partial charge in [0.2, 0.25) is 0 Å². The summed E-state index contributed by atoms with van der Waals surface area (Å²) in [6, 6.07) is 4.24. The summed E-state index contributed by atoms with van der Waals surface area (Å²) < 4.78 is 0. The lowest BCUT2D eigenvalue weighted by Gasteiger charge is -2.44. The second kappa shape index (κ2) is 6.73. The molecule has 1 spiro atoms. The Kier molecular flexibility index (Phi) is 4.73. The summed E-state index contributed by atoms with van der Waals surface area (Å²) in [7, 11) is 0. The van der Waals surface area contributed by atoms with E-state index in [4.69, 9.17) is 0 Å². The third-order valence-corrected chi connectivity index (χ3v) is 5.32. The third-order valence-electron chi connectivity index (χ3n) is 5.32. The fraction of sp³-hybridized carbons (Fsp3) is 0.765. The molecule has 1 saturated carbocycles. The van der Waals surface area contributed by atoms with Crippen molar-refractivity contribution in [2.75, 3.05) is 24.5 Å². The molecule has 0 aromatic carbocycles. The number of hydrogen-bond acceptors (Lipinski definition) is 4. The van der Waals surface area contributed by atoms with Gasteiger partial charge in [0.25, 0.3) is 0 Å². The Morgan fingerprint density at radius 2 is 1.81 bits per heavy atom. The largest absolute Gasteiger partial charge is 0.355 e. The Hall–Kier alpha value is -1.16. The molecule has 2 heterocycles. The van der Waals surface area contributed by atoms with Crippen molar-refractivity contribution < 1.29 is 0 Å². The number of piperidine rings is 1. The van der Waals surface area contributed by atoms with Gasteiger partial charge in [-0.3, -0.25) is 0 Å². The van der Waals surface area contributed by atoms with E-state index in [0.29, 0.717) is 5.41 Å². The van der Waals surface area contributed by atoms with E-state index >= 15 is 0 Å². The van der Waals surface area contributed by atoms with Gasteiger partial charge < -0.3 is 10.2 Å². The second-order valence-electron chi connectivity index (χ2n) is 6.71. The Morgan fingerprint density at radius 1 is 1.05 bits per heavy atom. The number of hydrogen-bond donors (Lipinski definition) is 1. The van der Waals surface area contributed by atoms with Gasteiger partial charge in [-0.15, -0.1) is 5.10 Å². The van der Waals surface area contributed by atoms with Crippen LogP contribution in [0.25, 0.3) is 0 Å². The van der Waals surface area contributed by atoms with Crippen molar-refractivity contribution in [2.45, 2.75) is 58.4 Å². The second-order valence-corrected chi connectivity index (χ2v) is 6.71. The van der Waals surface area contributed by atoms with Gasteiger partial charge in [0.1, 0.15) is 0 Å². The molecule has 1 aromatic rings. The van der Waals surface area contributed by atoms with Gasteiger partial charge in [-0.1, -0.05) is 26.2 Å². The summed E-state index contributed by atoms with van der Waals surface area (Å²) in [4.78, 5) is 2.42. The Bertz CT molecular complexity index is 427. The average molecular weight is 288 g/mol. The number of anilines is 1. The fourth-order valence-corrected chi connectivity index (χ4v) is 3.88. The molecule has 0 atom stereocenters. The molecule has 1 aliphatic carbocycles. The summed E-state index contributed by atoms with van der Waals surface area (Å²) in [5, 5.41) is 12.1. The van der Waals surface area contributed by atoms with Crippen LogP contribution in [0.1, 0.15) is 57.6 Å². The maximum Gasteiger partial charge on any atom is 0.151 e. The number of nitrogens with zero attached hydrogens (tertiary/aromatic N) is 3. The predicted molar refractivity (Wildman–Crippen MR) is 86.4 cm³/mol. The molecule has 1 aromatic heterocycles. The monoisotopic (exact) mass is 288 g/mol. The van der Waals surface area contributed by atoms with Crippen molar-refractivity contribution in [3.05, 3.63) is 17.8 Å². The van der Waals surface area contributed by atoms with E-state index in [0.717, 1.165) is 37.7 Å². The molecule has 0 unspecified atom stereocenters. The minimum absolute atomic E-state index is 0.660. The molecule has 2 fully saturated rings. The standard InChI is InChI=1S/C17H28N4/c1-2-18-14-15-6-7-16(20-19-15)21-12-10-17(11-13-21)8-4-3-5-9-17/h6-7,18H,2-5,8-14H2,1H3. The van der Waals surface area contributed by atoms with Crippen molar-refractivity contribution in [2.24, 2.45) is 5.41 Å². The van der Waals surface area contributed by atoms with Crippen LogP contribution in [0, 0.1) is 5.41 Å². The summed E-state index contributed by atoms with van der Waals surface area (Å²) in [5.41, 5.74) is 1.69. The van der Waals surface area contributed by atoms with Crippen LogP contribution in [0.15, 0.2) is 12.1 Å². The molecule has 1 saturated heterocycles. The number of rotatable bonds is 4. The highest BCUT2D eigenvalue weighted by Crippen LogP contribution is 2.44. The highest BCUT2D eigenvalue weighted by atomic mass is 15.3. The summed E-state index contributed by atoms with van der Waals surface area (Å²) >= 11 is 0. The molecule has 4 nitrogen and oxygen atoms in total. The van der Waals surface area contributed by atoms with Gasteiger partial charge >= 0.3 is 0 Å². The highest BCUT2D eigenvalue weighted by molar-refractivity contribution is 5.38. The summed E-state index contributed by atoms with van der Waals surface area (Å²) in [6.45, 7) is 6.20. The topological polar surface area (TPSA) is 41.0 Å². The van der Waals surface area contributed by atoms with Crippen molar-refractivity contribution in [3.8, 4) is 0 Å². The molecular formula is C17H28N4. The van der Waals surface area contributed by atoms with Crippen LogP contribution >= 0.6 is 0 Å². The number of nitrogens with one attached hydrogen (secondary N) is 1. The highest BCUT2D eigenvalue weighted by Gasteiger charge is 2.35. The molecule has 4 heteroatoms. The molecule has 116 valence electrons. The third kappa shape index (κ3) is 3.54. The van der Waals surface area contributed by atoms with E-state index in [-0.39, 0.29) is 0 Å². The zero-order valence-electron chi connectivity index (χ0n) is 13.3. The predicted octanol–water partition coefficient (Wildman–Crippen LogP) is 3.14. The zero-order chi connectivity index (χ0) is 14.5. The minimum Gasteiger partial charge on any atom is -0.355 e. The lowest BCUT2D eigenvalue weighted by molar-refractivity contribution is 0.144. The molecule has 1 N–H and O–H groups in total. The van der Waals surface area contributed by atoms with Crippen LogP contribution in [-0.2, 0) is 6.54 Å². The van der Waals surface area contributed by atoms with Crippen LogP contribution in [0.3, 0.4) is 0 Å². The molecule has 3 rings (SSSR count). The Labute approximate surface area is 128 Å². The smallest absolute Gasteiger partial charge is 0.151 e. The number of aromatic nitrogens is 2. The molecule has 0 amide bonds. The quantitative estimate of drug-likeness (QED) is 0.924. The van der Waals surface area contributed by atoms with Crippen LogP contribution < -0.4 is 10.2 Å². The van der Waals surface area contributed by atoms with Crippen molar-refractivity contribution >= 4 is 5.82 Å². The van der Waals surface area contributed by atoms with Gasteiger partial charge in [-0.2, -0.15) is 5.10 Å². The van der Waals surface area contributed by atoms with Crippen molar-refractivity contribution in [1.29, 1.82) is 0 Å². The van der Waals surface area contributed by atoms with Gasteiger partial charge in [-0.25, -0.2) is 0 Å². The van der Waals surface area contributed by atoms with E-state index in [1.54, 1.807) is 0 Å². The van der Waals surface area contributed by atoms with E-state index < -0.39 is 0 Å². The lowest BCUT2D eigenvalue weighted by Crippen LogP contribution is -2.41. The van der Waals surface area contributed by atoms with Crippen LogP contribution in [0.4, 0.5) is 5.82 Å². The van der Waals surface area contributed by atoms with Crippen LogP contribution in [0.5, 0.6) is 0 Å². The van der Waals surface area contributed by atoms with E-state index in [1.165, 1.54) is 44.9 Å². The van der Waals surface area contributed by atoms with E-state index in [9.17, 15) is 0 Å². The lowest BCUT2D eigenvalue weighted by atomic mass is 9.68. The molecule has 21 heavy (non-hydrogen) atoms. The van der Waals surface area contributed by atoms with Gasteiger partial charge in [0, 0.05) is 19.6 Å². The Morgan fingerprint density at radius 3 is 2.43 bits per heavy atom. The van der Waals surface area contributed by atoms with Gasteiger partial charge in [-0.05, 0) is 49.8 Å². The van der Waals surface area contributed by atoms with Crippen molar-refractivity contribution in [3.63, 3.8) is 0 Å². The van der Waals surface area contributed by atoms with Gasteiger partial charge in [0.15, 0.2) is 5.82 Å². The fourth-order valence-electron chi connectivity index (χ4n) is 3.88. The average Bonchev–Trinajstić information content (AvgIpc) is 2.55. The van der Waals surface area contributed by atoms with Crippen LogP contribution in [-0.4, -0.2) is 29.8 Å². The normalized spacial score (nSPS) is 21.7. The maximum absolute atomic E-state index is 4.42. The minimum atomic E-state index is 0.660. The molecule has 0 radical (unpaired) electrons. The zero-order valence-corrected chi connectivity index (χ0v) is 13.3. The summed E-state index contributed by atoms with van der Waals surface area (Å²) in [6.07, 6.45) is 9.92. The maximum atomic E-state index is 4.42. The first-order valence-electron chi connectivity index (χ1n) is 8.60. The first-order chi connectivity index (χ1) is 10.3. The molecule has 1 aliphatic heterocycles. The van der Waals surface area contributed by atoms with E-state index in [1.807, 2.05) is 0 Å². The SMILES string of the molecule is CCNCc1ccc(N2CCC3(CCCCC3)CC2)nn1. The Balaban J connectivity index is 1.56. The summed E-state index contributed by atoms with van der Waals surface area (Å²) in [5.74, 6) is 1.06. The first-order valence-corrected chi connectivity index (χ1v) is 8.60. The van der Waals surface area contributed by atoms with Gasteiger partial charge in [0.05, 0.1) is 5.69 Å². The molecule has 2 aliphatic rings. The van der Waals surface area contributed by atoms with Crippen LogP contribution in [0.2, 0.25) is 0 Å². The van der Waals surface area contributed by atoms with E-state index in [2.05, 4.69) is 39.5 Å².